The molecule has 70 valence electrons. The number of hydrogen-bond acceptors (Lipinski definition) is 2. The molecule has 2 nitrogen and oxygen atoms in total. The van der Waals surface area contributed by atoms with Crippen LogP contribution in [0.5, 0.6) is 0 Å². The highest BCUT2D eigenvalue weighted by Crippen LogP contribution is 2.18. The first-order valence-corrected chi connectivity index (χ1v) is 4.82. The van der Waals surface area contributed by atoms with Crippen molar-refractivity contribution in [2.45, 2.75) is 45.6 Å². The van der Waals surface area contributed by atoms with Crippen LogP contribution in [0.3, 0.4) is 0 Å². The van der Waals surface area contributed by atoms with Gasteiger partial charge in [0, 0.05) is 19.4 Å². The highest BCUT2D eigenvalue weighted by molar-refractivity contribution is 5.79. The van der Waals surface area contributed by atoms with Gasteiger partial charge in [-0.15, -0.1) is 0 Å². The summed E-state index contributed by atoms with van der Waals surface area (Å²) >= 11 is 0. The standard InChI is InChI=1S/C10H18O2/c1-8(2)7-12-10-5-3-4-9(11)6-10/h8,10H,3-7H2,1-2H3. The summed E-state index contributed by atoms with van der Waals surface area (Å²) in [6.45, 7) is 5.05. The molecule has 1 aliphatic rings. The molecule has 0 heterocycles. The third kappa shape index (κ3) is 3.35. The van der Waals surface area contributed by atoms with Gasteiger partial charge in [-0.2, -0.15) is 0 Å². The molecule has 0 saturated heterocycles. The topological polar surface area (TPSA) is 26.3 Å². The molecule has 1 rings (SSSR count). The molecule has 0 radical (unpaired) electrons. The lowest BCUT2D eigenvalue weighted by Gasteiger charge is -2.22. The maximum Gasteiger partial charge on any atom is 0.135 e. The van der Waals surface area contributed by atoms with Gasteiger partial charge in [-0.3, -0.25) is 4.79 Å². The van der Waals surface area contributed by atoms with Crippen molar-refractivity contribution in [1.29, 1.82) is 0 Å². The van der Waals surface area contributed by atoms with Gasteiger partial charge < -0.3 is 4.74 Å². The Morgan fingerprint density at radius 1 is 1.58 bits per heavy atom. The number of Topliss-reactive ketones (excluding diaryl/α,β-unsaturated/α-hetero) is 1. The minimum absolute atomic E-state index is 0.216. The summed E-state index contributed by atoms with van der Waals surface area (Å²) in [7, 11) is 0. The van der Waals surface area contributed by atoms with Crippen LogP contribution in [0, 0.1) is 5.92 Å². The van der Waals surface area contributed by atoms with Gasteiger partial charge in [0.15, 0.2) is 0 Å². The van der Waals surface area contributed by atoms with Crippen molar-refractivity contribution in [3.05, 3.63) is 0 Å². The molecule has 0 amide bonds. The van der Waals surface area contributed by atoms with Crippen LogP contribution < -0.4 is 0 Å². The van der Waals surface area contributed by atoms with Crippen LogP contribution in [-0.4, -0.2) is 18.5 Å². The number of ether oxygens (including phenoxy) is 1. The van der Waals surface area contributed by atoms with Crippen LogP contribution in [0.15, 0.2) is 0 Å². The largest absolute Gasteiger partial charge is 0.377 e. The Hall–Kier alpha value is -0.370. The van der Waals surface area contributed by atoms with E-state index >= 15 is 0 Å². The van der Waals surface area contributed by atoms with E-state index in [0.29, 0.717) is 18.1 Å². The maximum atomic E-state index is 11.0. The van der Waals surface area contributed by atoms with Crippen LogP contribution >= 0.6 is 0 Å². The number of hydrogen-bond donors (Lipinski definition) is 0. The molecular formula is C10H18O2. The fourth-order valence-electron chi connectivity index (χ4n) is 1.46. The van der Waals surface area contributed by atoms with Gasteiger partial charge in [-0.05, 0) is 18.8 Å². The van der Waals surface area contributed by atoms with Crippen LogP contribution in [0.1, 0.15) is 39.5 Å². The molecule has 0 aromatic carbocycles. The highest BCUT2D eigenvalue weighted by atomic mass is 16.5. The zero-order valence-corrected chi connectivity index (χ0v) is 8.01. The maximum absolute atomic E-state index is 11.0. The normalized spacial score (nSPS) is 24.9. The molecule has 12 heavy (non-hydrogen) atoms. The second-order valence-corrected chi connectivity index (χ2v) is 3.98. The molecule has 1 aliphatic carbocycles. The van der Waals surface area contributed by atoms with E-state index in [2.05, 4.69) is 13.8 Å². The first-order valence-electron chi connectivity index (χ1n) is 4.82. The van der Waals surface area contributed by atoms with Crippen molar-refractivity contribution in [2.24, 2.45) is 5.92 Å². The second kappa shape index (κ2) is 4.61. The van der Waals surface area contributed by atoms with Crippen molar-refractivity contribution in [2.75, 3.05) is 6.61 Å². The molecule has 0 aromatic rings. The SMILES string of the molecule is CC(C)COC1CCCC(=O)C1. The van der Waals surface area contributed by atoms with Gasteiger partial charge >= 0.3 is 0 Å². The van der Waals surface area contributed by atoms with E-state index in [-0.39, 0.29) is 6.10 Å². The first kappa shape index (κ1) is 9.72. The average Bonchev–Trinajstić information content (AvgIpc) is 2.01. The Balaban J connectivity index is 2.18. The number of rotatable bonds is 3. The van der Waals surface area contributed by atoms with Crippen molar-refractivity contribution < 1.29 is 9.53 Å². The Bertz CT molecular complexity index is 152. The Labute approximate surface area is 74.3 Å². The summed E-state index contributed by atoms with van der Waals surface area (Å²) in [4.78, 5) is 11.0. The second-order valence-electron chi connectivity index (χ2n) is 3.98. The first-order chi connectivity index (χ1) is 5.68. The molecule has 0 N–H and O–H groups in total. The summed E-state index contributed by atoms with van der Waals surface area (Å²) in [5, 5.41) is 0. The monoisotopic (exact) mass is 170 g/mol. The number of carbonyl (C=O) groups excluding carboxylic acids is 1. The molecule has 0 spiro atoms. The van der Waals surface area contributed by atoms with Crippen molar-refractivity contribution >= 4 is 5.78 Å². The number of ketones is 1. The molecule has 1 unspecified atom stereocenters. The van der Waals surface area contributed by atoms with Crippen molar-refractivity contribution in [3.63, 3.8) is 0 Å². The molecule has 1 atom stereocenters. The number of carbonyl (C=O) groups is 1. The third-order valence-corrected chi connectivity index (χ3v) is 2.10. The summed E-state index contributed by atoms with van der Waals surface area (Å²) in [5.74, 6) is 0.942. The van der Waals surface area contributed by atoms with Crippen molar-refractivity contribution in [1.82, 2.24) is 0 Å². The Kier molecular flexibility index (Phi) is 3.73. The van der Waals surface area contributed by atoms with Gasteiger partial charge in [0.05, 0.1) is 6.10 Å². The summed E-state index contributed by atoms with van der Waals surface area (Å²) in [6.07, 6.45) is 3.71. The average molecular weight is 170 g/mol. The molecule has 0 bridgehead atoms. The fourth-order valence-corrected chi connectivity index (χ4v) is 1.46. The zero-order valence-electron chi connectivity index (χ0n) is 8.01. The van der Waals surface area contributed by atoms with Crippen LogP contribution in [-0.2, 0) is 9.53 Å². The Morgan fingerprint density at radius 2 is 2.33 bits per heavy atom. The molecule has 0 aliphatic heterocycles. The zero-order chi connectivity index (χ0) is 8.97. The lowest BCUT2D eigenvalue weighted by Crippen LogP contribution is -2.24. The minimum atomic E-state index is 0.216. The molecule has 1 fully saturated rings. The lowest BCUT2D eigenvalue weighted by molar-refractivity contribution is -0.124. The van der Waals surface area contributed by atoms with Crippen LogP contribution in [0.2, 0.25) is 0 Å². The lowest BCUT2D eigenvalue weighted by atomic mass is 9.96. The molecule has 2 heteroatoms. The van der Waals surface area contributed by atoms with Gasteiger partial charge in [0.1, 0.15) is 5.78 Å². The minimum Gasteiger partial charge on any atom is -0.377 e. The van der Waals surface area contributed by atoms with E-state index in [0.717, 1.165) is 25.9 Å². The van der Waals surface area contributed by atoms with E-state index in [1.54, 1.807) is 0 Å². The summed E-state index contributed by atoms with van der Waals surface area (Å²) < 4.78 is 5.59. The van der Waals surface area contributed by atoms with Gasteiger partial charge in [-0.1, -0.05) is 13.8 Å². The van der Waals surface area contributed by atoms with Gasteiger partial charge in [0.25, 0.3) is 0 Å². The summed E-state index contributed by atoms with van der Waals surface area (Å²) in [5.41, 5.74) is 0. The van der Waals surface area contributed by atoms with Crippen molar-refractivity contribution in [3.8, 4) is 0 Å². The quantitative estimate of drug-likeness (QED) is 0.649. The summed E-state index contributed by atoms with van der Waals surface area (Å²) in [6, 6.07) is 0. The Morgan fingerprint density at radius 3 is 2.92 bits per heavy atom. The predicted molar refractivity (Wildman–Crippen MR) is 48.1 cm³/mol. The van der Waals surface area contributed by atoms with E-state index in [9.17, 15) is 4.79 Å². The van der Waals surface area contributed by atoms with Gasteiger partial charge in [0.2, 0.25) is 0 Å². The molecular weight excluding hydrogens is 152 g/mol. The molecule has 0 aromatic heterocycles. The fraction of sp³-hybridized carbons (Fsp3) is 0.900. The van der Waals surface area contributed by atoms with E-state index in [4.69, 9.17) is 4.74 Å². The highest BCUT2D eigenvalue weighted by Gasteiger charge is 2.19. The van der Waals surface area contributed by atoms with E-state index < -0.39 is 0 Å². The van der Waals surface area contributed by atoms with Crippen LogP contribution in [0.4, 0.5) is 0 Å². The third-order valence-electron chi connectivity index (χ3n) is 2.10. The molecule has 1 saturated carbocycles. The van der Waals surface area contributed by atoms with Gasteiger partial charge in [-0.25, -0.2) is 0 Å². The van der Waals surface area contributed by atoms with Crippen LogP contribution in [0.25, 0.3) is 0 Å². The smallest absolute Gasteiger partial charge is 0.135 e. The van der Waals surface area contributed by atoms with E-state index in [1.165, 1.54) is 0 Å². The predicted octanol–water partition coefficient (Wildman–Crippen LogP) is 2.17. The van der Waals surface area contributed by atoms with E-state index in [1.807, 2.05) is 0 Å².